The lowest BCUT2D eigenvalue weighted by Crippen LogP contribution is -2.50. The summed E-state index contributed by atoms with van der Waals surface area (Å²) in [7, 11) is 0. The van der Waals surface area contributed by atoms with Gasteiger partial charge in [-0.1, -0.05) is 6.07 Å². The number of nitriles is 1. The minimum atomic E-state index is -1.70. The van der Waals surface area contributed by atoms with Gasteiger partial charge in [0.05, 0.1) is 27.1 Å². The molecule has 2 aliphatic heterocycles. The number of nitrogens with one attached hydrogen (secondary N) is 3. The lowest BCUT2D eigenvalue weighted by molar-refractivity contribution is -0.384. The second kappa shape index (κ2) is 5.73. The van der Waals surface area contributed by atoms with Gasteiger partial charge in [-0.25, -0.2) is 0 Å². The number of rotatable bonds is 2. The van der Waals surface area contributed by atoms with Crippen molar-refractivity contribution in [2.75, 3.05) is 5.32 Å². The maximum Gasteiger partial charge on any atom is 0.269 e. The predicted molar refractivity (Wildman–Crippen MR) is 102 cm³/mol. The van der Waals surface area contributed by atoms with Gasteiger partial charge in [-0.2, -0.15) is 5.26 Å². The third-order valence-corrected chi connectivity index (χ3v) is 6.06. The molecule has 0 radical (unpaired) electrons. The van der Waals surface area contributed by atoms with Crippen molar-refractivity contribution in [3.05, 3.63) is 57.0 Å². The summed E-state index contributed by atoms with van der Waals surface area (Å²) < 4.78 is 5.45. The van der Waals surface area contributed by atoms with Crippen LogP contribution in [0.15, 0.2) is 35.7 Å². The third kappa shape index (κ3) is 2.06. The number of hydrogen-bond donors (Lipinski definition) is 3. The molecule has 1 aromatic carbocycles. The van der Waals surface area contributed by atoms with E-state index in [0.717, 1.165) is 4.88 Å². The SMILES string of the molecule is N#CC1C(=N)Oc2n[nH]c(-c3cccs3)c2C12C(=O)Nc1ccc([N+](=O)[O-])cc12. The highest BCUT2D eigenvalue weighted by molar-refractivity contribution is 7.13. The van der Waals surface area contributed by atoms with E-state index in [0.29, 0.717) is 16.9 Å². The van der Waals surface area contributed by atoms with E-state index in [1.807, 2.05) is 23.6 Å². The third-order valence-electron chi connectivity index (χ3n) is 5.17. The second-order valence-electron chi connectivity index (χ2n) is 6.53. The molecule has 5 rings (SSSR count). The number of carbonyl (C=O) groups is 1. The lowest BCUT2D eigenvalue weighted by atomic mass is 9.65. The number of amides is 1. The molecule has 142 valence electrons. The Labute approximate surface area is 166 Å². The zero-order valence-corrected chi connectivity index (χ0v) is 15.2. The molecule has 2 unspecified atom stereocenters. The lowest BCUT2D eigenvalue weighted by Gasteiger charge is -2.35. The molecule has 0 bridgehead atoms. The molecule has 4 heterocycles. The van der Waals surface area contributed by atoms with Gasteiger partial charge in [0.2, 0.25) is 17.7 Å². The normalized spacial score (nSPS) is 21.8. The molecular weight excluding hydrogens is 396 g/mol. The Hall–Kier alpha value is -4.04. The highest BCUT2D eigenvalue weighted by Crippen LogP contribution is 2.56. The van der Waals surface area contributed by atoms with Crippen LogP contribution < -0.4 is 10.1 Å². The highest BCUT2D eigenvalue weighted by Gasteiger charge is 2.62. The van der Waals surface area contributed by atoms with E-state index in [-0.39, 0.29) is 17.1 Å². The number of carbonyl (C=O) groups excluding carboxylic acids is 1. The number of hydrogen-bond acceptors (Lipinski definition) is 8. The van der Waals surface area contributed by atoms with Crippen LogP contribution >= 0.6 is 11.3 Å². The minimum absolute atomic E-state index is 0.000550. The number of fused-ring (bicyclic) bond motifs is 4. The van der Waals surface area contributed by atoms with Gasteiger partial charge in [0, 0.05) is 23.4 Å². The summed E-state index contributed by atoms with van der Waals surface area (Å²) in [5.74, 6) is -2.33. The Morgan fingerprint density at radius 2 is 2.24 bits per heavy atom. The van der Waals surface area contributed by atoms with Crippen LogP contribution in [0.4, 0.5) is 11.4 Å². The number of H-pyrrole nitrogens is 1. The molecule has 0 saturated heterocycles. The molecule has 0 fully saturated rings. The van der Waals surface area contributed by atoms with Crippen molar-refractivity contribution in [3.63, 3.8) is 0 Å². The number of non-ortho nitro benzene ring substituents is 1. The second-order valence-corrected chi connectivity index (χ2v) is 7.48. The van der Waals surface area contributed by atoms with Crippen LogP contribution in [0.1, 0.15) is 11.1 Å². The van der Waals surface area contributed by atoms with Crippen molar-refractivity contribution >= 4 is 34.5 Å². The van der Waals surface area contributed by atoms with Gasteiger partial charge >= 0.3 is 0 Å². The van der Waals surface area contributed by atoms with Crippen LogP contribution in [-0.2, 0) is 10.2 Å². The molecule has 2 atom stereocenters. The number of ether oxygens (including phenoxy) is 1. The first-order valence-corrected chi connectivity index (χ1v) is 9.25. The number of thiophene rings is 1. The topological polar surface area (TPSA) is 158 Å². The van der Waals surface area contributed by atoms with Crippen LogP contribution in [0.3, 0.4) is 0 Å². The van der Waals surface area contributed by atoms with Crippen LogP contribution in [0, 0.1) is 32.8 Å². The van der Waals surface area contributed by atoms with Crippen molar-refractivity contribution in [1.29, 1.82) is 10.7 Å². The molecule has 3 N–H and O–H groups in total. The van der Waals surface area contributed by atoms with E-state index in [1.54, 1.807) is 0 Å². The molecule has 3 aromatic rings. The number of aromatic nitrogens is 2. The Kier molecular flexibility index (Phi) is 3.37. The van der Waals surface area contributed by atoms with E-state index < -0.39 is 28.1 Å². The van der Waals surface area contributed by atoms with Crippen molar-refractivity contribution in [1.82, 2.24) is 10.2 Å². The highest BCUT2D eigenvalue weighted by atomic mass is 32.1. The summed E-state index contributed by atoms with van der Waals surface area (Å²) in [6.07, 6.45) is 0. The van der Waals surface area contributed by atoms with Gasteiger partial charge in [0.25, 0.3) is 5.69 Å². The fourth-order valence-electron chi connectivity index (χ4n) is 3.98. The average molecular weight is 406 g/mol. The Bertz CT molecular complexity index is 1260. The summed E-state index contributed by atoms with van der Waals surface area (Å²) >= 11 is 1.39. The van der Waals surface area contributed by atoms with E-state index in [4.69, 9.17) is 10.1 Å². The fraction of sp³-hybridized carbons (Fsp3) is 0.111. The Morgan fingerprint density at radius 3 is 2.93 bits per heavy atom. The average Bonchev–Trinajstić information content (AvgIpc) is 3.41. The molecular formula is C18H10N6O4S. The molecule has 1 amide bonds. The number of anilines is 1. The summed E-state index contributed by atoms with van der Waals surface area (Å²) in [5, 5.41) is 41.0. The van der Waals surface area contributed by atoms with E-state index in [9.17, 15) is 20.2 Å². The zero-order valence-electron chi connectivity index (χ0n) is 14.4. The standard InChI is InChI=1S/C18H10N6O4S/c19-7-10-15(20)28-16-13(14(22-23-16)12-2-1-5-29-12)18(10)9-6-8(24(26)27)3-4-11(9)21-17(18)25/h1-6,10,20H,(H,21,25)(H,22,23). The molecule has 29 heavy (non-hydrogen) atoms. The van der Waals surface area contributed by atoms with E-state index >= 15 is 0 Å². The first kappa shape index (κ1) is 17.1. The monoisotopic (exact) mass is 406 g/mol. The van der Waals surface area contributed by atoms with Gasteiger partial charge in [-0.15, -0.1) is 16.4 Å². The van der Waals surface area contributed by atoms with Crippen molar-refractivity contribution in [2.45, 2.75) is 5.41 Å². The molecule has 2 aromatic heterocycles. The van der Waals surface area contributed by atoms with Gasteiger partial charge in [0.15, 0.2) is 0 Å². The quantitative estimate of drug-likeness (QED) is 0.438. The van der Waals surface area contributed by atoms with Crippen LogP contribution in [-0.4, -0.2) is 26.9 Å². The fourth-order valence-corrected chi connectivity index (χ4v) is 4.71. The van der Waals surface area contributed by atoms with Crippen LogP contribution in [0.25, 0.3) is 10.6 Å². The van der Waals surface area contributed by atoms with Crippen LogP contribution in [0.5, 0.6) is 5.88 Å². The molecule has 11 heteroatoms. The molecule has 0 saturated carbocycles. The number of aromatic amines is 1. The smallest absolute Gasteiger partial charge is 0.269 e. The van der Waals surface area contributed by atoms with E-state index in [1.165, 1.54) is 29.5 Å². The first-order valence-electron chi connectivity index (χ1n) is 8.37. The van der Waals surface area contributed by atoms with Gasteiger partial charge in [-0.3, -0.25) is 25.4 Å². The van der Waals surface area contributed by atoms with E-state index in [2.05, 4.69) is 15.5 Å². The summed E-state index contributed by atoms with van der Waals surface area (Å²) in [5.41, 5.74) is -0.572. The van der Waals surface area contributed by atoms with Crippen molar-refractivity contribution < 1.29 is 14.5 Å². The van der Waals surface area contributed by atoms with Gasteiger partial charge < -0.3 is 10.1 Å². The maximum absolute atomic E-state index is 13.4. The maximum atomic E-state index is 13.4. The summed E-state index contributed by atoms with van der Waals surface area (Å²) in [4.78, 5) is 24.9. The number of benzene rings is 1. The largest absolute Gasteiger partial charge is 0.422 e. The Balaban J connectivity index is 1.90. The summed E-state index contributed by atoms with van der Waals surface area (Å²) in [6, 6.07) is 9.60. The summed E-state index contributed by atoms with van der Waals surface area (Å²) in [6.45, 7) is 0. The predicted octanol–water partition coefficient (Wildman–Crippen LogP) is 2.79. The number of nitrogens with zero attached hydrogens (tertiary/aromatic N) is 3. The molecule has 1 spiro atoms. The van der Waals surface area contributed by atoms with Gasteiger partial charge in [0.1, 0.15) is 11.3 Å². The van der Waals surface area contributed by atoms with Gasteiger partial charge in [-0.05, 0) is 17.5 Å². The first-order chi connectivity index (χ1) is 14.0. The number of nitro benzene ring substituents is 1. The van der Waals surface area contributed by atoms with Crippen molar-refractivity contribution in [2.24, 2.45) is 5.92 Å². The molecule has 0 aliphatic carbocycles. The minimum Gasteiger partial charge on any atom is -0.422 e. The Morgan fingerprint density at radius 1 is 1.41 bits per heavy atom. The molecule has 2 aliphatic rings. The zero-order chi connectivity index (χ0) is 20.3. The van der Waals surface area contributed by atoms with Crippen molar-refractivity contribution in [3.8, 4) is 22.5 Å². The van der Waals surface area contributed by atoms with Crippen LogP contribution in [0.2, 0.25) is 0 Å². The molecule has 10 nitrogen and oxygen atoms in total. The number of nitro groups is 1.